The molecule has 4 rings (SSSR count). The van der Waals surface area contributed by atoms with Crippen LogP contribution in [0.4, 0.5) is 0 Å². The van der Waals surface area contributed by atoms with E-state index in [9.17, 15) is 5.11 Å². The Kier molecular flexibility index (Phi) is 4.13. The molecule has 1 aliphatic heterocycles. The number of benzene rings is 1. The Morgan fingerprint density at radius 3 is 2.50 bits per heavy atom. The topological polar surface area (TPSA) is 53.0 Å². The first-order chi connectivity index (χ1) is 11.8. The van der Waals surface area contributed by atoms with Crippen molar-refractivity contribution >= 4 is 10.9 Å². The van der Waals surface area contributed by atoms with E-state index in [0.717, 1.165) is 35.2 Å². The van der Waals surface area contributed by atoms with Gasteiger partial charge in [0.1, 0.15) is 0 Å². The van der Waals surface area contributed by atoms with Crippen molar-refractivity contribution in [2.45, 2.75) is 25.3 Å². The smallest absolute Gasteiger partial charge is 0.253 e. The highest BCUT2D eigenvalue weighted by Gasteiger charge is 2.35. The van der Waals surface area contributed by atoms with Crippen LogP contribution < -0.4 is 14.9 Å². The number of aromatic nitrogens is 2. The number of H-pyrrole nitrogens is 2. The van der Waals surface area contributed by atoms with E-state index in [1.54, 1.807) is 0 Å². The second-order valence-corrected chi connectivity index (χ2v) is 6.61. The lowest BCUT2D eigenvalue weighted by Gasteiger charge is -2.29. The Hall–Kier alpha value is -2.46. The number of hydrogen-bond acceptors (Lipinski definition) is 1. The molecule has 1 unspecified atom stereocenters. The maximum Gasteiger partial charge on any atom is 0.253 e. The maximum absolute atomic E-state index is 11.0. The van der Waals surface area contributed by atoms with E-state index in [1.807, 2.05) is 30.6 Å². The number of piperidine rings is 1. The molecule has 0 radical (unpaired) electrons. The van der Waals surface area contributed by atoms with Crippen molar-refractivity contribution in [2.24, 2.45) is 0 Å². The summed E-state index contributed by atoms with van der Waals surface area (Å²) in [4.78, 5) is 8.12. The van der Waals surface area contributed by atoms with E-state index in [0.29, 0.717) is 5.75 Å². The summed E-state index contributed by atoms with van der Waals surface area (Å²) >= 11 is 0. The van der Waals surface area contributed by atoms with Crippen molar-refractivity contribution in [1.29, 1.82) is 0 Å². The summed E-state index contributed by atoms with van der Waals surface area (Å²) in [5.74, 6) is 0.369. The second-order valence-electron chi connectivity index (χ2n) is 6.61. The average molecular weight is 322 g/mol. The zero-order valence-corrected chi connectivity index (χ0v) is 13.8. The van der Waals surface area contributed by atoms with Gasteiger partial charge in [0, 0.05) is 18.2 Å². The number of phenolic OH excluding ortho intramolecular Hbond substituents is 1. The summed E-state index contributed by atoms with van der Waals surface area (Å²) in [6.45, 7) is 2.28. The molecule has 4 N–H and O–H groups in total. The molecule has 1 fully saturated rings. The highest BCUT2D eigenvalue weighted by Crippen LogP contribution is 2.31. The van der Waals surface area contributed by atoms with Crippen LogP contribution in [0.5, 0.6) is 5.75 Å². The average Bonchev–Trinajstić information content (AvgIpc) is 2.66. The minimum Gasteiger partial charge on any atom is -0.502 e. The lowest BCUT2D eigenvalue weighted by atomic mass is 9.96. The number of aromatic amines is 2. The van der Waals surface area contributed by atoms with Crippen molar-refractivity contribution in [3.63, 3.8) is 0 Å². The SMILES string of the molecule is Oc1c(C(c2cccc[nH+]2)[NH+]2CCCCC2)ccc2ccc[nH+]c12. The largest absolute Gasteiger partial charge is 0.502 e. The first-order valence-electron chi connectivity index (χ1n) is 8.78. The molecule has 0 aliphatic carbocycles. The second kappa shape index (κ2) is 6.57. The van der Waals surface area contributed by atoms with Crippen LogP contribution >= 0.6 is 0 Å². The highest BCUT2D eigenvalue weighted by atomic mass is 16.3. The van der Waals surface area contributed by atoms with Gasteiger partial charge in [-0.3, -0.25) is 0 Å². The molecule has 1 atom stereocenters. The first kappa shape index (κ1) is 15.1. The summed E-state index contributed by atoms with van der Waals surface area (Å²) < 4.78 is 0. The molecule has 0 bridgehead atoms. The third-order valence-electron chi connectivity index (χ3n) is 5.10. The summed E-state index contributed by atoms with van der Waals surface area (Å²) in [6, 6.07) is 14.5. The van der Waals surface area contributed by atoms with Crippen molar-refractivity contribution < 1.29 is 20.0 Å². The van der Waals surface area contributed by atoms with Crippen molar-refractivity contribution in [2.75, 3.05) is 13.1 Å². The molecular formula is C20H24N3O+3. The highest BCUT2D eigenvalue weighted by molar-refractivity contribution is 5.82. The Morgan fingerprint density at radius 2 is 1.71 bits per heavy atom. The molecule has 1 saturated heterocycles. The zero-order valence-electron chi connectivity index (χ0n) is 13.8. The van der Waals surface area contributed by atoms with E-state index in [2.05, 4.69) is 34.2 Å². The number of likely N-dealkylation sites (tertiary alicyclic amines) is 1. The predicted octanol–water partition coefficient (Wildman–Crippen LogP) is 1.33. The van der Waals surface area contributed by atoms with Crippen LogP contribution in [0.2, 0.25) is 0 Å². The molecule has 1 aromatic carbocycles. The summed E-state index contributed by atoms with van der Waals surface area (Å²) in [7, 11) is 0. The molecule has 1 aliphatic rings. The molecule has 2 aromatic heterocycles. The molecular weight excluding hydrogens is 298 g/mol. The Morgan fingerprint density at radius 1 is 0.875 bits per heavy atom. The minimum atomic E-state index is 0.129. The lowest BCUT2D eigenvalue weighted by Crippen LogP contribution is -3.13. The molecule has 4 heteroatoms. The van der Waals surface area contributed by atoms with Gasteiger partial charge in [0.2, 0.25) is 11.7 Å². The first-order valence-corrected chi connectivity index (χ1v) is 8.78. The van der Waals surface area contributed by atoms with Gasteiger partial charge in [0.25, 0.3) is 5.52 Å². The Labute approximate surface area is 141 Å². The van der Waals surface area contributed by atoms with Gasteiger partial charge in [-0.1, -0.05) is 0 Å². The van der Waals surface area contributed by atoms with Gasteiger partial charge < -0.3 is 10.0 Å². The number of pyridine rings is 2. The molecule has 4 nitrogen and oxygen atoms in total. The molecule has 24 heavy (non-hydrogen) atoms. The van der Waals surface area contributed by atoms with E-state index in [1.165, 1.54) is 24.2 Å². The summed E-state index contributed by atoms with van der Waals surface area (Å²) in [5, 5.41) is 12.0. The van der Waals surface area contributed by atoms with Gasteiger partial charge in [-0.15, -0.1) is 0 Å². The number of aromatic hydroxyl groups is 1. The third-order valence-corrected chi connectivity index (χ3v) is 5.10. The van der Waals surface area contributed by atoms with E-state index in [-0.39, 0.29) is 6.04 Å². The number of nitrogens with one attached hydrogen (secondary N) is 3. The molecule has 0 saturated carbocycles. The fourth-order valence-electron chi connectivity index (χ4n) is 3.92. The van der Waals surface area contributed by atoms with E-state index < -0.39 is 0 Å². The fourth-order valence-corrected chi connectivity index (χ4v) is 3.92. The van der Waals surface area contributed by atoms with Crippen LogP contribution in [-0.4, -0.2) is 18.2 Å². The van der Waals surface area contributed by atoms with Crippen LogP contribution in [0.25, 0.3) is 10.9 Å². The normalized spacial score (nSPS) is 17.0. The standard InChI is InChI=1S/C20H21N3O/c24-20-16(10-9-15-7-6-12-22-18(15)20)19(17-8-2-3-11-21-17)23-13-4-1-5-14-23/h2-3,6-12,19,24H,1,4-5,13-14H2/p+3. The lowest BCUT2D eigenvalue weighted by molar-refractivity contribution is -0.934. The maximum atomic E-state index is 11.0. The quantitative estimate of drug-likeness (QED) is 0.751. The van der Waals surface area contributed by atoms with Gasteiger partial charge in [-0.2, -0.15) is 0 Å². The number of fused-ring (bicyclic) bond motifs is 1. The Bertz CT molecular complexity index is 829. The molecule has 0 amide bonds. The minimum absolute atomic E-state index is 0.129. The van der Waals surface area contributed by atoms with Gasteiger partial charge in [0.05, 0.1) is 24.0 Å². The third kappa shape index (κ3) is 2.74. The number of rotatable bonds is 3. The summed E-state index contributed by atoms with van der Waals surface area (Å²) in [6.07, 6.45) is 7.64. The van der Waals surface area contributed by atoms with E-state index >= 15 is 0 Å². The molecule has 3 heterocycles. The predicted molar refractivity (Wildman–Crippen MR) is 91.6 cm³/mol. The number of hydrogen-bond donors (Lipinski definition) is 2. The van der Waals surface area contributed by atoms with Crippen molar-refractivity contribution in [3.8, 4) is 5.75 Å². The number of phenols is 1. The van der Waals surface area contributed by atoms with Crippen molar-refractivity contribution in [1.82, 2.24) is 0 Å². The van der Waals surface area contributed by atoms with Crippen LogP contribution in [0.1, 0.15) is 36.6 Å². The monoisotopic (exact) mass is 322 g/mol. The molecule has 122 valence electrons. The Balaban J connectivity index is 1.85. The van der Waals surface area contributed by atoms with Crippen LogP contribution in [0, 0.1) is 0 Å². The van der Waals surface area contributed by atoms with Crippen LogP contribution in [0.15, 0.2) is 54.9 Å². The van der Waals surface area contributed by atoms with Crippen molar-refractivity contribution in [3.05, 3.63) is 66.1 Å². The van der Waals surface area contributed by atoms with Gasteiger partial charge in [-0.25, -0.2) is 9.97 Å². The fraction of sp³-hybridized carbons (Fsp3) is 0.300. The van der Waals surface area contributed by atoms with Crippen LogP contribution in [0.3, 0.4) is 0 Å². The van der Waals surface area contributed by atoms with E-state index in [4.69, 9.17) is 0 Å². The van der Waals surface area contributed by atoms with Gasteiger partial charge >= 0.3 is 0 Å². The summed E-state index contributed by atoms with van der Waals surface area (Å²) in [5.41, 5.74) is 2.96. The molecule has 0 spiro atoms. The van der Waals surface area contributed by atoms with Gasteiger partial charge in [0.15, 0.2) is 18.1 Å². The molecule has 3 aromatic rings. The zero-order chi connectivity index (χ0) is 16.4. The number of quaternary nitrogens is 1. The van der Waals surface area contributed by atoms with Gasteiger partial charge in [-0.05, 0) is 43.5 Å². The van der Waals surface area contributed by atoms with Crippen LogP contribution in [-0.2, 0) is 0 Å².